The summed E-state index contributed by atoms with van der Waals surface area (Å²) in [4.78, 5) is 34.5. The van der Waals surface area contributed by atoms with Gasteiger partial charge in [-0.3, -0.25) is 14.7 Å². The monoisotopic (exact) mass is 396 g/mol. The van der Waals surface area contributed by atoms with Crippen molar-refractivity contribution in [3.63, 3.8) is 0 Å². The lowest BCUT2D eigenvalue weighted by Crippen LogP contribution is -2.49. The van der Waals surface area contributed by atoms with Gasteiger partial charge in [-0.2, -0.15) is 0 Å². The highest BCUT2D eigenvalue weighted by Gasteiger charge is 2.34. The maximum atomic E-state index is 13.2. The van der Waals surface area contributed by atoms with Crippen LogP contribution >= 0.6 is 0 Å². The van der Waals surface area contributed by atoms with Gasteiger partial charge in [0.2, 0.25) is 11.9 Å². The largest absolute Gasteiger partial charge is 0.372 e. The van der Waals surface area contributed by atoms with E-state index >= 15 is 0 Å². The zero-order valence-electron chi connectivity index (χ0n) is 16.6. The first-order chi connectivity index (χ1) is 14.0. The number of aliphatic imine (C=N–C) groups is 1. The highest BCUT2D eigenvalue weighted by Crippen LogP contribution is 2.29. The van der Waals surface area contributed by atoms with Gasteiger partial charge in [0.15, 0.2) is 0 Å². The van der Waals surface area contributed by atoms with Crippen LogP contribution in [0.1, 0.15) is 25.8 Å². The predicted molar refractivity (Wildman–Crippen MR) is 108 cm³/mol. The molecule has 1 fully saturated rings. The normalized spacial score (nSPS) is 23.2. The number of hydrogen-bond donors (Lipinski definition) is 0. The van der Waals surface area contributed by atoms with E-state index in [1.807, 2.05) is 43.0 Å². The van der Waals surface area contributed by atoms with Gasteiger partial charge < -0.3 is 9.64 Å². The Morgan fingerprint density at radius 2 is 1.97 bits per heavy atom. The summed E-state index contributed by atoms with van der Waals surface area (Å²) < 4.78 is 8.57. The van der Waals surface area contributed by atoms with Crippen molar-refractivity contribution < 1.29 is 9.53 Å². The van der Waals surface area contributed by atoms with Crippen molar-refractivity contribution in [2.75, 3.05) is 31.1 Å². The van der Waals surface area contributed by atoms with E-state index in [-0.39, 0.29) is 30.3 Å². The lowest BCUT2D eigenvalue weighted by atomic mass is 10.1. The molecule has 2 atom stereocenters. The van der Waals surface area contributed by atoms with Gasteiger partial charge in [0, 0.05) is 31.7 Å². The van der Waals surface area contributed by atoms with Crippen molar-refractivity contribution in [1.82, 2.24) is 19.2 Å². The summed E-state index contributed by atoms with van der Waals surface area (Å²) in [7, 11) is 0. The first-order valence-corrected chi connectivity index (χ1v) is 10.1. The molecule has 1 amide bonds. The number of carbonyl (C=O) groups is 1. The number of ether oxygens (including phenoxy) is 1. The van der Waals surface area contributed by atoms with Gasteiger partial charge in [-0.05, 0) is 32.4 Å². The minimum absolute atomic E-state index is 0.0198. The molecule has 2 unspecified atom stereocenters. The minimum Gasteiger partial charge on any atom is -0.372 e. The Hall–Kier alpha value is -2.94. The molecule has 0 N–H and O–H groups in total. The van der Waals surface area contributed by atoms with Crippen molar-refractivity contribution in [2.45, 2.75) is 39.0 Å². The van der Waals surface area contributed by atoms with Crippen LogP contribution in [0, 0.1) is 0 Å². The zero-order chi connectivity index (χ0) is 20.1. The highest BCUT2D eigenvalue weighted by atomic mass is 16.5. The maximum Gasteiger partial charge on any atom is 0.352 e. The van der Waals surface area contributed by atoms with Crippen LogP contribution in [-0.4, -0.2) is 69.4 Å². The average Bonchev–Trinajstić information content (AvgIpc) is 3.04. The third kappa shape index (κ3) is 2.96. The van der Waals surface area contributed by atoms with Crippen molar-refractivity contribution in [3.05, 3.63) is 40.3 Å². The number of para-hydroxylation sites is 1. The molecular formula is C20H24N6O3. The van der Waals surface area contributed by atoms with E-state index in [0.29, 0.717) is 19.0 Å². The predicted octanol–water partition coefficient (Wildman–Crippen LogP) is 0.640. The first-order valence-electron chi connectivity index (χ1n) is 10.1. The number of benzene rings is 1. The van der Waals surface area contributed by atoms with Crippen molar-refractivity contribution in [3.8, 4) is 5.69 Å². The van der Waals surface area contributed by atoms with Crippen LogP contribution in [0.5, 0.6) is 0 Å². The molecule has 0 saturated carbocycles. The Bertz CT molecular complexity index is 1040. The van der Waals surface area contributed by atoms with E-state index in [1.165, 1.54) is 4.68 Å². The van der Waals surface area contributed by atoms with E-state index in [2.05, 4.69) is 10.1 Å². The Kier molecular flexibility index (Phi) is 4.27. The number of carbonyl (C=O) groups excluding carboxylic acids is 1. The van der Waals surface area contributed by atoms with Gasteiger partial charge >= 0.3 is 5.69 Å². The molecule has 3 aliphatic rings. The number of aromatic nitrogens is 3. The molecule has 29 heavy (non-hydrogen) atoms. The molecule has 4 heterocycles. The quantitative estimate of drug-likeness (QED) is 0.744. The highest BCUT2D eigenvalue weighted by molar-refractivity contribution is 6.13. The van der Waals surface area contributed by atoms with E-state index in [4.69, 9.17) is 4.74 Å². The van der Waals surface area contributed by atoms with Crippen LogP contribution in [0.25, 0.3) is 5.69 Å². The molecule has 1 saturated heterocycles. The fourth-order valence-corrected chi connectivity index (χ4v) is 4.38. The minimum atomic E-state index is -0.306. The topological polar surface area (TPSA) is 85.0 Å². The summed E-state index contributed by atoms with van der Waals surface area (Å²) in [6.45, 7) is 6.37. The molecular weight excluding hydrogens is 372 g/mol. The molecule has 152 valence electrons. The molecule has 2 aromatic rings. The van der Waals surface area contributed by atoms with Crippen molar-refractivity contribution >= 4 is 17.7 Å². The average molecular weight is 396 g/mol. The summed E-state index contributed by atoms with van der Waals surface area (Å²) in [6.07, 6.45) is 0.858. The molecule has 9 heteroatoms. The maximum absolute atomic E-state index is 13.2. The second-order valence-corrected chi connectivity index (χ2v) is 7.86. The summed E-state index contributed by atoms with van der Waals surface area (Å²) in [5.74, 6) is 1.26. The smallest absolute Gasteiger partial charge is 0.352 e. The van der Waals surface area contributed by atoms with Crippen LogP contribution in [0.2, 0.25) is 0 Å². The van der Waals surface area contributed by atoms with Crippen LogP contribution < -0.4 is 10.6 Å². The van der Waals surface area contributed by atoms with E-state index in [0.717, 1.165) is 36.6 Å². The van der Waals surface area contributed by atoms with Crippen molar-refractivity contribution in [2.24, 2.45) is 4.99 Å². The summed E-state index contributed by atoms with van der Waals surface area (Å²) in [5, 5.41) is 4.54. The molecule has 1 aromatic heterocycles. The fourth-order valence-electron chi connectivity index (χ4n) is 4.38. The van der Waals surface area contributed by atoms with E-state index in [1.54, 1.807) is 9.47 Å². The van der Waals surface area contributed by atoms with E-state index < -0.39 is 0 Å². The lowest BCUT2D eigenvalue weighted by molar-refractivity contribution is -0.144. The fraction of sp³-hybridized carbons (Fsp3) is 0.500. The van der Waals surface area contributed by atoms with Gasteiger partial charge in [0.05, 0.1) is 17.9 Å². The Balaban J connectivity index is 1.52. The lowest BCUT2D eigenvalue weighted by Gasteiger charge is -2.35. The Morgan fingerprint density at radius 3 is 2.76 bits per heavy atom. The zero-order valence-corrected chi connectivity index (χ0v) is 16.6. The molecule has 1 aromatic carbocycles. The number of amidine groups is 1. The van der Waals surface area contributed by atoms with Gasteiger partial charge in [0.1, 0.15) is 12.4 Å². The molecule has 0 aliphatic carbocycles. The number of fused-ring (bicyclic) bond motifs is 6. The van der Waals surface area contributed by atoms with Crippen LogP contribution in [-0.2, 0) is 16.1 Å². The Labute approximate surface area is 168 Å². The number of anilines is 1. The number of nitrogens with zero attached hydrogens (tertiary/aromatic N) is 6. The van der Waals surface area contributed by atoms with Crippen molar-refractivity contribution in [1.29, 1.82) is 0 Å². The SMILES string of the molecule is CC1CN(C(=O)Cn2nc3n(c2=O)-c2ccccc2C2=NCCCN23)CC(C)O1. The molecule has 0 radical (unpaired) electrons. The summed E-state index contributed by atoms with van der Waals surface area (Å²) >= 11 is 0. The third-order valence-electron chi connectivity index (χ3n) is 5.56. The number of hydrogen-bond acceptors (Lipinski definition) is 6. The second-order valence-electron chi connectivity index (χ2n) is 7.86. The number of morpholine rings is 1. The Morgan fingerprint density at radius 1 is 1.21 bits per heavy atom. The first kappa shape index (κ1) is 18.1. The van der Waals surface area contributed by atoms with Gasteiger partial charge in [0.25, 0.3) is 0 Å². The molecule has 9 nitrogen and oxygen atoms in total. The van der Waals surface area contributed by atoms with Crippen LogP contribution in [0.3, 0.4) is 0 Å². The summed E-state index contributed by atoms with van der Waals surface area (Å²) in [5.41, 5.74) is 1.38. The van der Waals surface area contributed by atoms with Gasteiger partial charge in [-0.25, -0.2) is 14.0 Å². The molecule has 0 spiro atoms. The van der Waals surface area contributed by atoms with Crippen LogP contribution in [0.15, 0.2) is 34.1 Å². The van der Waals surface area contributed by atoms with Gasteiger partial charge in [-0.15, -0.1) is 5.10 Å². The number of rotatable bonds is 2. The summed E-state index contributed by atoms with van der Waals surface area (Å²) in [6, 6.07) is 7.71. The van der Waals surface area contributed by atoms with Crippen LogP contribution in [0.4, 0.5) is 5.95 Å². The number of amides is 1. The molecule has 0 bridgehead atoms. The van der Waals surface area contributed by atoms with Gasteiger partial charge in [-0.1, -0.05) is 12.1 Å². The second kappa shape index (κ2) is 6.84. The molecule has 5 rings (SSSR count). The third-order valence-corrected chi connectivity index (χ3v) is 5.56. The standard InChI is InChI=1S/C20H24N6O3/c1-13-10-23(11-14(2)29-13)17(27)12-25-20(28)26-16-7-4-3-6-15(16)18-21-8-5-9-24(18)19(26)22-25/h3-4,6-7,13-14H,5,8-12H2,1-2H3. The van der Waals surface area contributed by atoms with E-state index in [9.17, 15) is 9.59 Å². The molecule has 3 aliphatic heterocycles.